The van der Waals surface area contributed by atoms with E-state index in [-0.39, 0.29) is 29.5 Å². The number of aliphatic hydroxyl groups excluding tert-OH is 1. The Morgan fingerprint density at radius 1 is 1.03 bits per heavy atom. The summed E-state index contributed by atoms with van der Waals surface area (Å²) in [7, 11) is 0. The van der Waals surface area contributed by atoms with E-state index in [1.54, 1.807) is 42.5 Å². The number of carbonyl (C=O) groups excluding carboxylic acids is 2. The van der Waals surface area contributed by atoms with E-state index in [2.05, 4.69) is 0 Å². The van der Waals surface area contributed by atoms with Gasteiger partial charge in [0, 0.05) is 12.1 Å². The number of rotatable bonds is 7. The van der Waals surface area contributed by atoms with Crippen molar-refractivity contribution in [2.45, 2.75) is 39.3 Å². The Balaban J connectivity index is 1.85. The van der Waals surface area contributed by atoms with Crippen molar-refractivity contribution in [2.24, 2.45) is 0 Å². The summed E-state index contributed by atoms with van der Waals surface area (Å²) in [5, 5.41) is 21.2. The van der Waals surface area contributed by atoms with Gasteiger partial charge in [0.1, 0.15) is 23.1 Å². The van der Waals surface area contributed by atoms with Crippen molar-refractivity contribution in [3.8, 4) is 11.5 Å². The van der Waals surface area contributed by atoms with Crippen molar-refractivity contribution in [2.75, 3.05) is 6.61 Å². The van der Waals surface area contributed by atoms with E-state index in [0.717, 1.165) is 5.56 Å². The quantitative estimate of drug-likeness (QED) is 0.254. The van der Waals surface area contributed by atoms with Gasteiger partial charge in [0.15, 0.2) is 0 Å². The third-order valence-electron chi connectivity index (χ3n) is 6.22. The number of Topliss-reactive ketones (excluding diaryl/α,β-unsaturated/α-hetero) is 1. The normalized spacial score (nSPS) is 17.1. The number of ether oxygens (including phenoxy) is 1. The highest BCUT2D eigenvalue weighted by Gasteiger charge is 2.46. The lowest BCUT2D eigenvalue weighted by Gasteiger charge is -2.25. The van der Waals surface area contributed by atoms with Crippen LogP contribution in [-0.4, -0.2) is 33.4 Å². The minimum atomic E-state index is -0.898. The van der Waals surface area contributed by atoms with Gasteiger partial charge in [-0.05, 0) is 72.0 Å². The average molecular weight is 490 g/mol. The van der Waals surface area contributed by atoms with Crippen LogP contribution < -0.4 is 4.74 Å². The molecule has 0 spiro atoms. The molecule has 6 nitrogen and oxygen atoms in total. The summed E-state index contributed by atoms with van der Waals surface area (Å²) in [4.78, 5) is 27.8. The molecule has 0 bridgehead atoms. The van der Waals surface area contributed by atoms with Gasteiger partial charge in [-0.25, -0.2) is 4.39 Å². The monoisotopic (exact) mass is 489 g/mol. The summed E-state index contributed by atoms with van der Waals surface area (Å²) < 4.78 is 19.1. The zero-order valence-corrected chi connectivity index (χ0v) is 20.4. The molecule has 0 radical (unpaired) electrons. The SMILES string of the molecule is CCOc1ccc(/C(O)=C2/C(=O)C(=O)N(Cc3ccc(F)cc3)C2c2ccc(O)cc2)cc1C(C)C. The number of aliphatic hydroxyl groups is 1. The molecule has 1 aliphatic heterocycles. The van der Waals surface area contributed by atoms with E-state index in [1.165, 1.54) is 29.2 Å². The Morgan fingerprint density at radius 3 is 2.31 bits per heavy atom. The summed E-state index contributed by atoms with van der Waals surface area (Å²) in [6.07, 6.45) is 0. The number of phenols is 1. The van der Waals surface area contributed by atoms with Crippen molar-refractivity contribution in [1.82, 2.24) is 4.90 Å². The van der Waals surface area contributed by atoms with Crippen molar-refractivity contribution in [3.05, 3.63) is 100 Å². The van der Waals surface area contributed by atoms with E-state index >= 15 is 0 Å². The average Bonchev–Trinajstić information content (AvgIpc) is 3.10. The molecule has 0 saturated carbocycles. The zero-order valence-electron chi connectivity index (χ0n) is 20.4. The molecule has 1 amide bonds. The van der Waals surface area contributed by atoms with Crippen LogP contribution in [0, 0.1) is 5.82 Å². The minimum Gasteiger partial charge on any atom is -0.508 e. The van der Waals surface area contributed by atoms with Crippen LogP contribution in [0.5, 0.6) is 11.5 Å². The second kappa shape index (κ2) is 10.2. The van der Waals surface area contributed by atoms with Crippen LogP contribution in [0.4, 0.5) is 4.39 Å². The van der Waals surface area contributed by atoms with Gasteiger partial charge < -0.3 is 19.8 Å². The van der Waals surface area contributed by atoms with Crippen LogP contribution in [0.25, 0.3) is 5.76 Å². The lowest BCUT2D eigenvalue weighted by Crippen LogP contribution is -2.29. The van der Waals surface area contributed by atoms with Gasteiger partial charge >= 0.3 is 0 Å². The van der Waals surface area contributed by atoms with Crippen LogP contribution in [-0.2, 0) is 16.1 Å². The number of hydrogen-bond donors (Lipinski definition) is 2. The summed E-state index contributed by atoms with van der Waals surface area (Å²) in [6.45, 7) is 6.41. The predicted molar refractivity (Wildman–Crippen MR) is 134 cm³/mol. The third-order valence-corrected chi connectivity index (χ3v) is 6.22. The first kappa shape index (κ1) is 25.0. The number of benzene rings is 3. The summed E-state index contributed by atoms with van der Waals surface area (Å²) in [5.41, 5.74) is 2.39. The first-order valence-corrected chi connectivity index (χ1v) is 11.8. The van der Waals surface area contributed by atoms with E-state index in [4.69, 9.17) is 4.74 Å². The van der Waals surface area contributed by atoms with Gasteiger partial charge in [0.2, 0.25) is 0 Å². The van der Waals surface area contributed by atoms with Crippen molar-refractivity contribution < 1.29 is 28.9 Å². The first-order chi connectivity index (χ1) is 17.2. The topological polar surface area (TPSA) is 87.1 Å². The van der Waals surface area contributed by atoms with Gasteiger partial charge in [-0.2, -0.15) is 0 Å². The number of carbonyl (C=O) groups is 2. The Kier molecular flexibility index (Phi) is 7.10. The van der Waals surface area contributed by atoms with E-state index < -0.39 is 23.5 Å². The van der Waals surface area contributed by atoms with E-state index in [0.29, 0.717) is 29.0 Å². The maximum atomic E-state index is 13.4. The molecule has 36 heavy (non-hydrogen) atoms. The molecule has 1 saturated heterocycles. The smallest absolute Gasteiger partial charge is 0.295 e. The van der Waals surface area contributed by atoms with E-state index in [1.807, 2.05) is 20.8 Å². The molecule has 1 aliphatic rings. The largest absolute Gasteiger partial charge is 0.508 e. The number of likely N-dealkylation sites (tertiary alicyclic amines) is 1. The molecular weight excluding hydrogens is 461 g/mol. The summed E-state index contributed by atoms with van der Waals surface area (Å²) in [5.74, 6) is -1.47. The molecule has 7 heteroatoms. The number of amides is 1. The van der Waals surface area contributed by atoms with Crippen LogP contribution in [0.2, 0.25) is 0 Å². The highest BCUT2D eigenvalue weighted by atomic mass is 19.1. The molecule has 3 aromatic rings. The first-order valence-electron chi connectivity index (χ1n) is 11.8. The molecule has 186 valence electrons. The number of halogens is 1. The van der Waals surface area contributed by atoms with Crippen LogP contribution in [0.1, 0.15) is 55.0 Å². The Labute approximate surface area is 209 Å². The molecule has 1 unspecified atom stereocenters. The molecular formula is C29H28FNO5. The minimum absolute atomic E-state index is 0.0299. The van der Waals surface area contributed by atoms with Crippen molar-refractivity contribution >= 4 is 17.4 Å². The molecule has 3 aromatic carbocycles. The van der Waals surface area contributed by atoms with E-state index in [9.17, 15) is 24.2 Å². The van der Waals surface area contributed by atoms with Gasteiger partial charge in [0.05, 0.1) is 18.2 Å². The molecule has 1 fully saturated rings. The van der Waals surface area contributed by atoms with Gasteiger partial charge in [-0.3, -0.25) is 9.59 Å². The number of hydrogen-bond acceptors (Lipinski definition) is 5. The molecule has 0 aromatic heterocycles. The second-order valence-electron chi connectivity index (χ2n) is 8.99. The van der Waals surface area contributed by atoms with Crippen molar-refractivity contribution in [1.29, 1.82) is 0 Å². The highest BCUT2D eigenvalue weighted by molar-refractivity contribution is 6.46. The molecule has 0 aliphatic carbocycles. The molecule has 1 atom stereocenters. The number of ketones is 1. The fourth-order valence-electron chi connectivity index (χ4n) is 4.42. The van der Waals surface area contributed by atoms with Gasteiger partial charge in [0.25, 0.3) is 11.7 Å². The fourth-order valence-corrected chi connectivity index (χ4v) is 4.42. The van der Waals surface area contributed by atoms with Crippen LogP contribution in [0.15, 0.2) is 72.3 Å². The fraction of sp³-hybridized carbons (Fsp3) is 0.241. The molecule has 4 rings (SSSR count). The highest BCUT2D eigenvalue weighted by Crippen LogP contribution is 2.41. The second-order valence-corrected chi connectivity index (χ2v) is 8.99. The van der Waals surface area contributed by atoms with Crippen LogP contribution in [0.3, 0.4) is 0 Å². The Hall–Kier alpha value is -4.13. The number of aromatic hydroxyl groups is 1. The van der Waals surface area contributed by atoms with Crippen LogP contribution >= 0.6 is 0 Å². The lowest BCUT2D eigenvalue weighted by atomic mass is 9.93. The molecule has 1 heterocycles. The number of nitrogens with zero attached hydrogens (tertiary/aromatic N) is 1. The van der Waals surface area contributed by atoms with Gasteiger partial charge in [-0.15, -0.1) is 0 Å². The Morgan fingerprint density at radius 2 is 1.69 bits per heavy atom. The third kappa shape index (κ3) is 4.82. The van der Waals surface area contributed by atoms with Gasteiger partial charge in [-0.1, -0.05) is 38.1 Å². The zero-order chi connectivity index (χ0) is 26.0. The maximum absolute atomic E-state index is 13.4. The Bertz CT molecular complexity index is 1310. The maximum Gasteiger partial charge on any atom is 0.295 e. The lowest BCUT2D eigenvalue weighted by molar-refractivity contribution is -0.140. The molecule has 2 N–H and O–H groups in total. The summed E-state index contributed by atoms with van der Waals surface area (Å²) >= 11 is 0. The summed E-state index contributed by atoms with van der Waals surface area (Å²) in [6, 6.07) is 16.1. The predicted octanol–water partition coefficient (Wildman–Crippen LogP) is 5.68. The van der Waals surface area contributed by atoms with Crippen molar-refractivity contribution in [3.63, 3.8) is 0 Å². The standard InChI is InChI=1S/C29H28FNO5/c1-4-36-24-14-9-20(15-23(24)17(2)3)27(33)25-26(19-7-12-22(32)13-8-19)31(29(35)28(25)34)16-18-5-10-21(30)11-6-18/h5-15,17,26,32-33H,4,16H2,1-3H3/b27-25-. The number of phenolic OH excluding ortho intramolecular Hbond substituents is 1.